The molecule has 2 heterocycles. The molecule has 0 aliphatic rings. The zero-order chi connectivity index (χ0) is 17.8. The van der Waals surface area contributed by atoms with Crippen molar-refractivity contribution in [1.29, 1.82) is 5.26 Å². The van der Waals surface area contributed by atoms with Gasteiger partial charge in [0.25, 0.3) is 0 Å². The van der Waals surface area contributed by atoms with Crippen LogP contribution in [0.1, 0.15) is 17.2 Å². The molecule has 16 heteroatoms. The average molecular weight is 404 g/mol. The van der Waals surface area contributed by atoms with Gasteiger partial charge in [0.2, 0.25) is 11.6 Å². The van der Waals surface area contributed by atoms with E-state index in [0.29, 0.717) is 0 Å². The van der Waals surface area contributed by atoms with E-state index < -0.39 is 11.8 Å². The van der Waals surface area contributed by atoms with Crippen LogP contribution in [-0.2, 0) is 0 Å². The molecule has 2 N–H and O–H groups in total. The van der Waals surface area contributed by atoms with E-state index in [1.807, 2.05) is 6.07 Å². The fraction of sp³-hybridized carbons (Fsp3) is 0. The summed E-state index contributed by atoms with van der Waals surface area (Å²) in [5.74, 6) is -2.28. The number of nitriles is 1. The number of aromatic amines is 2. The third-order valence-corrected chi connectivity index (χ3v) is 3.07. The number of aliphatic imine (C=N–C) groups is 2. The van der Waals surface area contributed by atoms with Gasteiger partial charge in [-0.15, -0.1) is 20.4 Å². The van der Waals surface area contributed by atoms with Gasteiger partial charge in [-0.25, -0.2) is 0 Å². The molecule has 0 aliphatic carbocycles. The number of hydrogen-bond acceptors (Lipinski definition) is 11. The zero-order valence-electron chi connectivity index (χ0n) is 13.9. The Hall–Kier alpha value is -1.92. The van der Waals surface area contributed by atoms with Crippen molar-refractivity contribution in [3.63, 3.8) is 0 Å². The first kappa shape index (κ1) is 23.1. The van der Waals surface area contributed by atoms with Gasteiger partial charge in [-0.3, -0.25) is 9.98 Å². The maximum absolute atomic E-state index is 11.9. The number of H-pyrrole nitrogens is 2. The second kappa shape index (κ2) is 10.4. The molecule has 0 fully saturated rings. The minimum Gasteiger partial charge on any atom is -0.856 e. The summed E-state index contributed by atoms with van der Waals surface area (Å²) in [4.78, 5) is 7.42. The molecule has 0 spiro atoms. The largest absolute Gasteiger partial charge is 1.00 e. The van der Waals surface area contributed by atoms with Crippen molar-refractivity contribution in [2.45, 2.75) is 0 Å². The van der Waals surface area contributed by atoms with E-state index in [4.69, 9.17) is 16.9 Å². The van der Waals surface area contributed by atoms with Gasteiger partial charge < -0.3 is 10.2 Å². The average Bonchev–Trinajstić information content (AvgIpc) is 3.31. The third-order valence-electron chi connectivity index (χ3n) is 2.68. The summed E-state index contributed by atoms with van der Waals surface area (Å²) in [5.41, 5.74) is -0.103. The molecule has 1 aromatic carbocycles. The molecule has 0 saturated carbocycles. The number of benzene rings is 1. The Labute approximate surface area is 199 Å². The maximum atomic E-state index is 11.9. The van der Waals surface area contributed by atoms with Crippen molar-refractivity contribution in [3.05, 3.63) is 34.4 Å². The number of hydrogen-bond donors (Lipinski definition) is 2. The van der Waals surface area contributed by atoms with Crippen molar-refractivity contribution < 1.29 is 69.3 Å². The van der Waals surface area contributed by atoms with Gasteiger partial charge in [0.05, 0.1) is 28.0 Å². The number of nitrogens with zero attached hydrogens (tertiary/aromatic N) is 9. The Morgan fingerprint density at radius 1 is 0.963 bits per heavy atom. The summed E-state index contributed by atoms with van der Waals surface area (Å²) in [5, 5.41) is 57.4. The van der Waals surface area contributed by atoms with Crippen molar-refractivity contribution in [3.8, 4) is 6.07 Å². The number of aromatic nitrogens is 8. The molecule has 3 rings (SSSR count). The molecular formula is C11H4ClN11Na2O2. The fourth-order valence-electron chi connectivity index (χ4n) is 1.65. The first-order chi connectivity index (χ1) is 12.1. The van der Waals surface area contributed by atoms with Gasteiger partial charge in [0.1, 0.15) is 0 Å². The van der Waals surface area contributed by atoms with E-state index in [1.54, 1.807) is 0 Å². The maximum Gasteiger partial charge on any atom is 1.00 e. The van der Waals surface area contributed by atoms with E-state index in [-0.39, 0.29) is 92.7 Å². The van der Waals surface area contributed by atoms with Gasteiger partial charge in [0, 0.05) is 11.8 Å². The smallest absolute Gasteiger partial charge is 0.856 e. The Morgan fingerprint density at radius 3 is 1.74 bits per heavy atom. The van der Waals surface area contributed by atoms with Crippen LogP contribution in [0.25, 0.3) is 0 Å². The molecule has 0 atom stereocenters. The van der Waals surface area contributed by atoms with Gasteiger partial charge in [-0.1, -0.05) is 11.6 Å². The SMILES string of the molecule is N#Cc1cc(N=C([O-])c2nn[nH]n2)c(Cl)c(N=C([O-])c2nn[nH]n2)c1.[Na+].[Na+]. The van der Waals surface area contributed by atoms with Crippen molar-refractivity contribution >= 4 is 34.8 Å². The normalized spacial score (nSPS) is 11.3. The van der Waals surface area contributed by atoms with Crippen molar-refractivity contribution in [2.24, 2.45) is 9.98 Å². The predicted molar refractivity (Wildman–Crippen MR) is 76.9 cm³/mol. The van der Waals surface area contributed by atoms with Crippen LogP contribution in [0.3, 0.4) is 0 Å². The molecule has 2 aromatic heterocycles. The van der Waals surface area contributed by atoms with Crippen molar-refractivity contribution in [2.75, 3.05) is 0 Å². The Balaban J connectivity index is 0.00000182. The van der Waals surface area contributed by atoms with E-state index in [2.05, 4.69) is 51.2 Å². The summed E-state index contributed by atoms with van der Waals surface area (Å²) in [7, 11) is 0. The Bertz CT molecular complexity index is 927. The molecule has 3 aromatic rings. The standard InChI is InChI=1S/C11H6ClN11O2.2Na/c12-7-5(14-10(24)8-16-20-21-17-8)1-4(3-13)2-6(7)15-11(25)9-18-22-23-19-9;;/h1-2H,(H,14,24)(H,15,25)(H,16,17,20,21)(H,18,19,22,23);;/q;2*+1/p-2. The Morgan fingerprint density at radius 2 is 1.41 bits per heavy atom. The second-order valence-electron chi connectivity index (χ2n) is 4.25. The third kappa shape index (κ3) is 5.53. The molecular weight excluding hydrogens is 400 g/mol. The zero-order valence-corrected chi connectivity index (χ0v) is 18.6. The van der Waals surface area contributed by atoms with Crippen LogP contribution in [0.2, 0.25) is 5.02 Å². The first-order valence-electron chi connectivity index (χ1n) is 6.31. The first-order valence-corrected chi connectivity index (χ1v) is 6.69. The number of nitrogens with one attached hydrogen (secondary N) is 2. The molecule has 0 unspecified atom stereocenters. The number of rotatable bonds is 4. The van der Waals surface area contributed by atoms with Crippen LogP contribution < -0.4 is 69.3 Å². The van der Waals surface area contributed by atoms with Crippen LogP contribution in [0.4, 0.5) is 11.4 Å². The van der Waals surface area contributed by atoms with E-state index in [9.17, 15) is 10.2 Å². The summed E-state index contributed by atoms with van der Waals surface area (Å²) in [6, 6.07) is 4.35. The second-order valence-corrected chi connectivity index (χ2v) is 4.62. The van der Waals surface area contributed by atoms with Crippen LogP contribution in [0.5, 0.6) is 0 Å². The quantitative estimate of drug-likeness (QED) is 0.241. The molecule has 13 nitrogen and oxygen atoms in total. The van der Waals surface area contributed by atoms with Gasteiger partial charge in [-0.05, 0) is 22.6 Å². The summed E-state index contributed by atoms with van der Waals surface area (Å²) < 4.78 is 0. The minimum absolute atomic E-state index is 0. The van der Waals surface area contributed by atoms with Gasteiger partial charge >= 0.3 is 59.1 Å². The number of tetrazole rings is 2. The van der Waals surface area contributed by atoms with Crippen LogP contribution in [0.15, 0.2) is 22.1 Å². The van der Waals surface area contributed by atoms with Crippen LogP contribution >= 0.6 is 11.6 Å². The van der Waals surface area contributed by atoms with E-state index in [0.717, 1.165) is 0 Å². The van der Waals surface area contributed by atoms with Crippen LogP contribution in [-0.4, -0.2) is 53.0 Å². The van der Waals surface area contributed by atoms with Crippen LogP contribution in [0, 0.1) is 11.3 Å². The molecule has 0 bridgehead atoms. The van der Waals surface area contributed by atoms with Gasteiger partial charge in [0.15, 0.2) is 0 Å². The summed E-state index contributed by atoms with van der Waals surface area (Å²) in [6.07, 6.45) is 0. The molecule has 124 valence electrons. The molecule has 0 aliphatic heterocycles. The summed E-state index contributed by atoms with van der Waals surface area (Å²) >= 11 is 6.12. The predicted octanol–water partition coefficient (Wildman–Crippen LogP) is -7.88. The van der Waals surface area contributed by atoms with E-state index >= 15 is 0 Å². The van der Waals surface area contributed by atoms with Crippen molar-refractivity contribution in [1.82, 2.24) is 41.2 Å². The molecule has 0 amide bonds. The minimum atomic E-state index is -0.846. The summed E-state index contributed by atoms with van der Waals surface area (Å²) in [6.45, 7) is 0. The molecule has 27 heavy (non-hydrogen) atoms. The Kier molecular flexibility index (Phi) is 8.93. The van der Waals surface area contributed by atoms with E-state index in [1.165, 1.54) is 12.1 Å². The topological polar surface area (TPSA) is 204 Å². The molecule has 0 saturated heterocycles. The monoisotopic (exact) mass is 403 g/mol. The number of halogens is 1. The van der Waals surface area contributed by atoms with Gasteiger partial charge in [-0.2, -0.15) is 15.7 Å². The fourth-order valence-corrected chi connectivity index (χ4v) is 1.84. The molecule has 0 radical (unpaired) electrons.